The van der Waals surface area contributed by atoms with Crippen molar-refractivity contribution in [1.82, 2.24) is 10.4 Å². The van der Waals surface area contributed by atoms with Crippen LogP contribution in [0.3, 0.4) is 0 Å². The minimum atomic E-state index is -0.0482. The number of hydrazine groups is 1. The number of benzene rings is 1. The molecule has 17 heavy (non-hydrogen) atoms. The number of pyridine rings is 1. The van der Waals surface area contributed by atoms with E-state index in [1.54, 1.807) is 13.3 Å². The van der Waals surface area contributed by atoms with Crippen LogP contribution in [0.4, 0.5) is 0 Å². The molecule has 4 nitrogen and oxygen atoms in total. The van der Waals surface area contributed by atoms with E-state index in [-0.39, 0.29) is 12.1 Å². The van der Waals surface area contributed by atoms with Crippen molar-refractivity contribution in [3.8, 4) is 0 Å². The van der Waals surface area contributed by atoms with E-state index >= 15 is 0 Å². The third-order valence-corrected chi connectivity index (χ3v) is 3.04. The predicted octanol–water partition coefficient (Wildman–Crippen LogP) is 1.77. The van der Waals surface area contributed by atoms with E-state index in [2.05, 4.69) is 10.4 Å². The summed E-state index contributed by atoms with van der Waals surface area (Å²) in [5.41, 5.74) is 4.88. The summed E-state index contributed by atoms with van der Waals surface area (Å²) in [4.78, 5) is 4.33. The van der Waals surface area contributed by atoms with Crippen molar-refractivity contribution in [3.63, 3.8) is 0 Å². The molecule has 2 atom stereocenters. The highest BCUT2D eigenvalue weighted by atomic mass is 16.5. The molecule has 0 spiro atoms. The number of aromatic nitrogens is 1. The number of ether oxygens (including phenoxy) is 1. The maximum absolute atomic E-state index is 5.62. The lowest BCUT2D eigenvalue weighted by Gasteiger charge is -2.23. The van der Waals surface area contributed by atoms with Gasteiger partial charge in [-0.2, -0.15) is 0 Å². The third-order valence-electron chi connectivity index (χ3n) is 3.04. The minimum absolute atomic E-state index is 0.00851. The van der Waals surface area contributed by atoms with Gasteiger partial charge in [-0.25, -0.2) is 0 Å². The molecule has 0 aliphatic carbocycles. The Balaban J connectivity index is 2.53. The third kappa shape index (κ3) is 2.29. The van der Waals surface area contributed by atoms with Crippen LogP contribution in [0.25, 0.3) is 10.9 Å². The van der Waals surface area contributed by atoms with Crippen molar-refractivity contribution in [2.75, 3.05) is 7.11 Å². The Bertz CT molecular complexity index is 495. The van der Waals surface area contributed by atoms with Gasteiger partial charge in [0.1, 0.15) is 0 Å². The monoisotopic (exact) mass is 231 g/mol. The number of nitrogens with zero attached hydrogens (tertiary/aromatic N) is 1. The molecule has 1 aromatic carbocycles. The summed E-state index contributed by atoms with van der Waals surface area (Å²) < 4.78 is 5.34. The first-order valence-corrected chi connectivity index (χ1v) is 5.60. The Labute approximate surface area is 101 Å². The average Bonchev–Trinajstić information content (AvgIpc) is 2.39. The Hall–Kier alpha value is -1.49. The van der Waals surface area contributed by atoms with Gasteiger partial charge in [0.2, 0.25) is 0 Å². The zero-order valence-electron chi connectivity index (χ0n) is 10.1. The van der Waals surface area contributed by atoms with Gasteiger partial charge in [0.15, 0.2) is 0 Å². The molecule has 0 saturated carbocycles. The highest BCUT2D eigenvalue weighted by molar-refractivity contribution is 5.82. The van der Waals surface area contributed by atoms with E-state index in [4.69, 9.17) is 10.6 Å². The number of nitrogens with one attached hydrogen (secondary N) is 1. The molecule has 90 valence electrons. The molecule has 0 aliphatic rings. The Kier molecular flexibility index (Phi) is 3.68. The van der Waals surface area contributed by atoms with Gasteiger partial charge in [-0.15, -0.1) is 0 Å². The van der Waals surface area contributed by atoms with Crippen LogP contribution in [0.2, 0.25) is 0 Å². The van der Waals surface area contributed by atoms with Crippen molar-refractivity contribution in [2.24, 2.45) is 5.84 Å². The van der Waals surface area contributed by atoms with Gasteiger partial charge in [0, 0.05) is 18.7 Å². The summed E-state index contributed by atoms with van der Waals surface area (Å²) in [5, 5.41) is 1.10. The molecule has 2 aromatic rings. The quantitative estimate of drug-likeness (QED) is 0.622. The smallest absolute Gasteiger partial charge is 0.0751 e. The lowest BCUT2D eigenvalue weighted by atomic mass is 9.98. The van der Waals surface area contributed by atoms with Gasteiger partial charge in [0.25, 0.3) is 0 Å². The molecule has 0 saturated heterocycles. The van der Waals surface area contributed by atoms with Crippen molar-refractivity contribution in [2.45, 2.75) is 19.1 Å². The average molecular weight is 231 g/mol. The Morgan fingerprint density at radius 1 is 1.29 bits per heavy atom. The van der Waals surface area contributed by atoms with Gasteiger partial charge in [-0.1, -0.05) is 18.2 Å². The fourth-order valence-electron chi connectivity index (χ4n) is 2.01. The summed E-state index contributed by atoms with van der Waals surface area (Å²) in [6.45, 7) is 1.99. The van der Waals surface area contributed by atoms with Crippen LogP contribution in [0.5, 0.6) is 0 Å². The largest absolute Gasteiger partial charge is 0.380 e. The first-order chi connectivity index (χ1) is 8.27. The number of fused-ring (bicyclic) bond motifs is 1. The second-order valence-electron chi connectivity index (χ2n) is 4.00. The molecule has 0 amide bonds. The topological polar surface area (TPSA) is 60.2 Å². The van der Waals surface area contributed by atoms with Crippen LogP contribution in [0.1, 0.15) is 18.5 Å². The van der Waals surface area contributed by atoms with E-state index in [0.29, 0.717) is 0 Å². The summed E-state index contributed by atoms with van der Waals surface area (Å²) in [6.07, 6.45) is 1.78. The highest BCUT2D eigenvalue weighted by Crippen LogP contribution is 2.25. The second-order valence-corrected chi connectivity index (χ2v) is 4.00. The van der Waals surface area contributed by atoms with Crippen molar-refractivity contribution >= 4 is 10.9 Å². The van der Waals surface area contributed by atoms with Gasteiger partial charge < -0.3 is 4.74 Å². The summed E-state index contributed by atoms with van der Waals surface area (Å²) in [6, 6.07) is 9.94. The fraction of sp³-hybridized carbons (Fsp3) is 0.308. The zero-order valence-corrected chi connectivity index (χ0v) is 10.1. The summed E-state index contributed by atoms with van der Waals surface area (Å²) in [7, 11) is 1.68. The maximum Gasteiger partial charge on any atom is 0.0751 e. The van der Waals surface area contributed by atoms with Gasteiger partial charge >= 0.3 is 0 Å². The lowest BCUT2D eigenvalue weighted by Crippen LogP contribution is -2.36. The van der Waals surface area contributed by atoms with E-state index < -0.39 is 0 Å². The number of nitrogens with two attached hydrogens (primary N) is 1. The van der Waals surface area contributed by atoms with E-state index in [1.807, 2.05) is 37.3 Å². The van der Waals surface area contributed by atoms with Crippen LogP contribution >= 0.6 is 0 Å². The maximum atomic E-state index is 5.62. The molecule has 4 heteroatoms. The molecule has 3 N–H and O–H groups in total. The molecule has 0 fully saturated rings. The molecule has 0 aliphatic heterocycles. The summed E-state index contributed by atoms with van der Waals surface area (Å²) in [5.74, 6) is 5.62. The zero-order chi connectivity index (χ0) is 12.3. The molecular formula is C13H17N3O. The first-order valence-electron chi connectivity index (χ1n) is 5.60. The molecule has 2 rings (SSSR count). The van der Waals surface area contributed by atoms with Crippen LogP contribution in [0, 0.1) is 0 Å². The minimum Gasteiger partial charge on any atom is -0.380 e. The first kappa shape index (κ1) is 12.0. The number of hydrogen-bond acceptors (Lipinski definition) is 4. The molecule has 1 aromatic heterocycles. The van der Waals surface area contributed by atoms with Gasteiger partial charge in [-0.3, -0.25) is 16.3 Å². The van der Waals surface area contributed by atoms with E-state index in [9.17, 15) is 0 Å². The molecule has 1 heterocycles. The molecule has 0 radical (unpaired) electrons. The fourth-order valence-corrected chi connectivity index (χ4v) is 2.01. The normalized spacial score (nSPS) is 14.8. The predicted molar refractivity (Wildman–Crippen MR) is 68.3 cm³/mol. The Morgan fingerprint density at radius 3 is 2.82 bits per heavy atom. The number of rotatable bonds is 4. The number of methoxy groups -OCH3 is 1. The van der Waals surface area contributed by atoms with Crippen LogP contribution in [-0.2, 0) is 4.74 Å². The van der Waals surface area contributed by atoms with E-state index in [1.165, 1.54) is 0 Å². The second kappa shape index (κ2) is 5.23. The number of hydrogen-bond donors (Lipinski definition) is 2. The molecule has 0 bridgehead atoms. The van der Waals surface area contributed by atoms with Crippen molar-refractivity contribution in [1.29, 1.82) is 0 Å². The van der Waals surface area contributed by atoms with Crippen molar-refractivity contribution < 1.29 is 4.74 Å². The van der Waals surface area contributed by atoms with E-state index in [0.717, 1.165) is 16.5 Å². The van der Waals surface area contributed by atoms with Crippen LogP contribution in [0.15, 0.2) is 36.5 Å². The van der Waals surface area contributed by atoms with Gasteiger partial charge in [0.05, 0.1) is 17.7 Å². The van der Waals surface area contributed by atoms with Crippen LogP contribution in [-0.4, -0.2) is 18.2 Å². The highest BCUT2D eigenvalue weighted by Gasteiger charge is 2.19. The summed E-state index contributed by atoms with van der Waals surface area (Å²) >= 11 is 0. The Morgan fingerprint density at radius 2 is 2.12 bits per heavy atom. The standard InChI is InChI=1S/C13H17N3O/c1-9(17-2)13(16-14)11-5-3-7-12-10(11)6-4-8-15-12/h3-9,13,16H,14H2,1-2H3. The molecule has 2 unspecified atom stereocenters. The van der Waals surface area contributed by atoms with Gasteiger partial charge in [-0.05, 0) is 24.6 Å². The molecular weight excluding hydrogens is 214 g/mol. The van der Waals surface area contributed by atoms with Crippen molar-refractivity contribution in [3.05, 3.63) is 42.1 Å². The lowest BCUT2D eigenvalue weighted by molar-refractivity contribution is 0.0835. The SMILES string of the molecule is COC(C)C(NN)c1cccc2ncccc12. The van der Waals surface area contributed by atoms with Crippen LogP contribution < -0.4 is 11.3 Å².